The first-order chi connectivity index (χ1) is 18.5. The number of fused-ring (bicyclic) bond motifs is 3. The Morgan fingerprint density at radius 1 is 0.632 bits per heavy atom. The molecule has 4 aromatic carbocycles. The second kappa shape index (κ2) is 9.68. The maximum Gasteiger partial charge on any atom is 0.417 e. The van der Waals surface area contributed by atoms with Crippen LogP contribution >= 0.6 is 0 Å². The molecule has 1 aliphatic heterocycles. The first kappa shape index (κ1) is 24.3. The molecule has 0 saturated carbocycles. The van der Waals surface area contributed by atoms with Crippen molar-refractivity contribution in [3.05, 3.63) is 114 Å². The van der Waals surface area contributed by atoms with Crippen molar-refractivity contribution in [2.45, 2.75) is 39.5 Å². The number of anilines is 1. The maximum absolute atomic E-state index is 5.43. The standard InChI is InChI=1S/C34H34BN3/c1-23(2)27-20-14-21-28(24(3)4)31(27)35-37(5)30-22-13-12-19-29(30)34-36-32(25-15-8-6-9-16-25)33(38(34)35)26-17-10-7-11-18-26/h6-24H,1-5H3. The van der Waals surface area contributed by atoms with Gasteiger partial charge < -0.3 is 9.29 Å². The summed E-state index contributed by atoms with van der Waals surface area (Å²) in [5, 5.41) is 0. The summed E-state index contributed by atoms with van der Waals surface area (Å²) in [5.41, 5.74) is 11.1. The number of imidazole rings is 1. The number of hydrogen-bond acceptors (Lipinski definition) is 2. The van der Waals surface area contributed by atoms with Gasteiger partial charge in [-0.05, 0) is 53.2 Å². The molecule has 0 atom stereocenters. The summed E-state index contributed by atoms with van der Waals surface area (Å²) in [7, 11) is 2.24. The summed E-state index contributed by atoms with van der Waals surface area (Å²) in [6.45, 7) is 9.20. The summed E-state index contributed by atoms with van der Waals surface area (Å²) in [6, 6.07) is 37.0. The van der Waals surface area contributed by atoms with Crippen LogP contribution in [0.3, 0.4) is 0 Å². The van der Waals surface area contributed by atoms with E-state index in [0.29, 0.717) is 11.8 Å². The molecule has 0 saturated heterocycles. The Morgan fingerprint density at radius 3 is 1.79 bits per heavy atom. The highest BCUT2D eigenvalue weighted by atomic mass is 15.2. The van der Waals surface area contributed by atoms with E-state index in [9.17, 15) is 0 Å². The Morgan fingerprint density at radius 2 is 1.18 bits per heavy atom. The molecular weight excluding hydrogens is 461 g/mol. The quantitative estimate of drug-likeness (QED) is 0.232. The fraction of sp³-hybridized carbons (Fsp3) is 0.206. The summed E-state index contributed by atoms with van der Waals surface area (Å²) < 4.78 is 2.51. The van der Waals surface area contributed by atoms with E-state index >= 15 is 0 Å². The van der Waals surface area contributed by atoms with Crippen molar-refractivity contribution in [2.24, 2.45) is 0 Å². The van der Waals surface area contributed by atoms with Gasteiger partial charge in [0.25, 0.3) is 0 Å². The summed E-state index contributed by atoms with van der Waals surface area (Å²) in [5.74, 6) is 1.82. The van der Waals surface area contributed by atoms with Gasteiger partial charge in [0.05, 0.1) is 11.4 Å². The Balaban J connectivity index is 1.77. The lowest BCUT2D eigenvalue weighted by Gasteiger charge is -2.38. The predicted octanol–water partition coefficient (Wildman–Crippen LogP) is 7.82. The van der Waals surface area contributed by atoms with E-state index in [1.165, 1.54) is 33.4 Å². The monoisotopic (exact) mass is 495 g/mol. The third-order valence-electron chi connectivity index (χ3n) is 7.82. The van der Waals surface area contributed by atoms with Gasteiger partial charge in [-0.3, -0.25) is 0 Å². The summed E-state index contributed by atoms with van der Waals surface area (Å²) in [4.78, 5) is 7.89. The number of benzene rings is 4. The molecule has 38 heavy (non-hydrogen) atoms. The molecule has 2 heterocycles. The van der Waals surface area contributed by atoms with Crippen molar-refractivity contribution in [3.8, 4) is 33.9 Å². The average Bonchev–Trinajstić information content (AvgIpc) is 3.34. The number of para-hydroxylation sites is 1. The smallest absolute Gasteiger partial charge is 0.394 e. The van der Waals surface area contributed by atoms with Gasteiger partial charge in [-0.1, -0.05) is 119 Å². The largest absolute Gasteiger partial charge is 0.417 e. The van der Waals surface area contributed by atoms with Crippen LogP contribution in [-0.2, 0) is 0 Å². The maximum atomic E-state index is 5.43. The van der Waals surface area contributed by atoms with Crippen LogP contribution in [0.25, 0.3) is 33.9 Å². The Kier molecular flexibility index (Phi) is 6.19. The molecule has 3 nitrogen and oxygen atoms in total. The van der Waals surface area contributed by atoms with Crippen molar-refractivity contribution in [1.29, 1.82) is 0 Å². The van der Waals surface area contributed by atoms with E-state index in [4.69, 9.17) is 4.98 Å². The lowest BCUT2D eigenvalue weighted by Crippen LogP contribution is -2.57. The van der Waals surface area contributed by atoms with Crippen molar-refractivity contribution in [1.82, 2.24) is 9.46 Å². The average molecular weight is 495 g/mol. The van der Waals surface area contributed by atoms with Crippen LogP contribution in [-0.4, -0.2) is 23.5 Å². The summed E-state index contributed by atoms with van der Waals surface area (Å²) >= 11 is 0. The van der Waals surface area contributed by atoms with Crippen molar-refractivity contribution >= 4 is 18.1 Å². The topological polar surface area (TPSA) is 21.1 Å². The van der Waals surface area contributed by atoms with Crippen LogP contribution in [0.1, 0.15) is 50.7 Å². The van der Waals surface area contributed by atoms with Gasteiger partial charge in [-0.2, -0.15) is 0 Å². The number of aromatic nitrogens is 2. The van der Waals surface area contributed by atoms with E-state index in [-0.39, 0.29) is 6.98 Å². The fourth-order valence-corrected chi connectivity index (χ4v) is 6.03. The van der Waals surface area contributed by atoms with Gasteiger partial charge in [0, 0.05) is 16.8 Å². The van der Waals surface area contributed by atoms with E-state index in [1.54, 1.807) is 0 Å². The lowest BCUT2D eigenvalue weighted by atomic mass is 9.58. The van der Waals surface area contributed by atoms with Crippen molar-refractivity contribution in [3.63, 3.8) is 0 Å². The molecule has 1 aromatic heterocycles. The van der Waals surface area contributed by atoms with Crippen LogP contribution in [0.2, 0.25) is 0 Å². The van der Waals surface area contributed by atoms with Gasteiger partial charge in [-0.25, -0.2) is 4.98 Å². The van der Waals surface area contributed by atoms with E-state index in [1.807, 2.05) is 0 Å². The molecule has 6 rings (SSSR count). The van der Waals surface area contributed by atoms with Crippen molar-refractivity contribution in [2.75, 3.05) is 11.9 Å². The SMILES string of the molecule is CC(C)c1cccc(C(C)C)c1B1N(C)c2ccccc2-c2nc(-c3ccccc3)c(-c3ccccc3)n21. The fourth-order valence-electron chi connectivity index (χ4n) is 6.03. The first-order valence-electron chi connectivity index (χ1n) is 13.6. The molecule has 0 spiro atoms. The minimum Gasteiger partial charge on any atom is -0.394 e. The molecule has 1 aliphatic rings. The van der Waals surface area contributed by atoms with E-state index < -0.39 is 0 Å². The highest BCUT2D eigenvalue weighted by Gasteiger charge is 2.41. The minimum atomic E-state index is -0.0314. The first-order valence-corrected chi connectivity index (χ1v) is 13.6. The third-order valence-corrected chi connectivity index (χ3v) is 7.82. The van der Waals surface area contributed by atoms with Gasteiger partial charge in [0.1, 0.15) is 5.82 Å². The summed E-state index contributed by atoms with van der Waals surface area (Å²) in [6.07, 6.45) is 0. The minimum absolute atomic E-state index is 0.0314. The molecule has 0 amide bonds. The number of nitrogens with zero attached hydrogens (tertiary/aromatic N) is 3. The predicted molar refractivity (Wildman–Crippen MR) is 162 cm³/mol. The van der Waals surface area contributed by atoms with Gasteiger partial charge in [0.15, 0.2) is 0 Å². The van der Waals surface area contributed by atoms with E-state index in [0.717, 1.165) is 22.8 Å². The second-order valence-electron chi connectivity index (χ2n) is 10.9. The molecule has 0 bridgehead atoms. The highest BCUT2D eigenvalue weighted by molar-refractivity contribution is 6.77. The molecule has 0 aliphatic carbocycles. The normalized spacial score (nSPS) is 12.7. The molecule has 4 heteroatoms. The lowest BCUT2D eigenvalue weighted by molar-refractivity contribution is 0.842. The van der Waals surface area contributed by atoms with Gasteiger partial charge >= 0.3 is 6.98 Å². The Labute approximate surface area is 226 Å². The molecule has 0 radical (unpaired) electrons. The molecule has 0 unspecified atom stereocenters. The second-order valence-corrected chi connectivity index (χ2v) is 10.9. The zero-order valence-corrected chi connectivity index (χ0v) is 22.9. The van der Waals surface area contributed by atoms with Gasteiger partial charge in [0.2, 0.25) is 0 Å². The molecule has 188 valence electrons. The van der Waals surface area contributed by atoms with Crippen LogP contribution < -0.4 is 10.3 Å². The molecule has 0 fully saturated rings. The molecule has 5 aromatic rings. The Bertz CT molecular complexity index is 1560. The van der Waals surface area contributed by atoms with Gasteiger partial charge in [-0.15, -0.1) is 0 Å². The number of rotatable bonds is 5. The Hall–Kier alpha value is -4.05. The van der Waals surface area contributed by atoms with Crippen LogP contribution in [0.15, 0.2) is 103 Å². The van der Waals surface area contributed by atoms with Crippen LogP contribution in [0.4, 0.5) is 5.69 Å². The zero-order valence-electron chi connectivity index (χ0n) is 22.9. The molecule has 0 N–H and O–H groups in total. The van der Waals surface area contributed by atoms with Crippen LogP contribution in [0, 0.1) is 0 Å². The number of hydrogen-bond donors (Lipinski definition) is 0. The van der Waals surface area contributed by atoms with Crippen molar-refractivity contribution < 1.29 is 0 Å². The highest BCUT2D eigenvalue weighted by Crippen LogP contribution is 2.43. The van der Waals surface area contributed by atoms with Crippen LogP contribution in [0.5, 0.6) is 0 Å². The van der Waals surface area contributed by atoms with E-state index in [2.05, 4.69) is 147 Å². The third kappa shape index (κ3) is 3.87. The molecular formula is C34H34BN3. The zero-order chi connectivity index (χ0) is 26.4.